The Kier molecular flexibility index (Phi) is 3.26. The third-order valence-electron chi connectivity index (χ3n) is 2.00. The monoisotopic (exact) mass is 201 g/mol. The molecule has 2 nitrogen and oxygen atoms in total. The van der Waals surface area contributed by atoms with Gasteiger partial charge in [-0.1, -0.05) is 32.9 Å². The lowest BCUT2D eigenvalue weighted by Gasteiger charge is -2.16. The summed E-state index contributed by atoms with van der Waals surface area (Å²) in [5.74, 6) is 0.0969. The molecule has 1 aromatic rings. The van der Waals surface area contributed by atoms with Crippen LogP contribution >= 0.6 is 0 Å². The zero-order valence-corrected chi connectivity index (χ0v) is 9.37. The maximum Gasteiger partial charge on any atom is 0.163 e. The van der Waals surface area contributed by atoms with Crippen LogP contribution in [0, 0.1) is 16.7 Å². The van der Waals surface area contributed by atoms with Crippen molar-refractivity contribution in [2.45, 2.75) is 27.2 Å². The van der Waals surface area contributed by atoms with Crippen LogP contribution < -0.4 is 0 Å². The largest absolute Gasteiger partial charge is 0.294 e. The van der Waals surface area contributed by atoms with Crippen molar-refractivity contribution in [1.82, 2.24) is 0 Å². The van der Waals surface area contributed by atoms with Crippen molar-refractivity contribution in [2.24, 2.45) is 5.41 Å². The zero-order valence-electron chi connectivity index (χ0n) is 9.37. The van der Waals surface area contributed by atoms with Gasteiger partial charge in [0, 0.05) is 12.0 Å². The fraction of sp³-hybridized carbons (Fsp3) is 0.385. The molecule has 1 aromatic carbocycles. The number of ketones is 1. The van der Waals surface area contributed by atoms with Gasteiger partial charge < -0.3 is 0 Å². The standard InChI is InChI=1S/C13H15NO/c1-13(2,3)8-12(15)11-6-4-5-10(7-11)9-14/h4-7H,8H2,1-3H3. The molecule has 15 heavy (non-hydrogen) atoms. The van der Waals surface area contributed by atoms with Gasteiger partial charge in [0.2, 0.25) is 0 Å². The summed E-state index contributed by atoms with van der Waals surface area (Å²) in [7, 11) is 0. The van der Waals surface area contributed by atoms with Gasteiger partial charge in [0.15, 0.2) is 5.78 Å². The molecule has 0 aliphatic rings. The second-order valence-corrected chi connectivity index (χ2v) is 4.85. The van der Waals surface area contributed by atoms with Gasteiger partial charge in [0.05, 0.1) is 11.6 Å². The van der Waals surface area contributed by atoms with Crippen LogP contribution in [0.5, 0.6) is 0 Å². The van der Waals surface area contributed by atoms with E-state index in [0.29, 0.717) is 17.5 Å². The highest BCUT2D eigenvalue weighted by Gasteiger charge is 2.17. The van der Waals surface area contributed by atoms with E-state index in [0.717, 1.165) is 0 Å². The fourth-order valence-corrected chi connectivity index (χ4v) is 1.35. The minimum Gasteiger partial charge on any atom is -0.294 e. The van der Waals surface area contributed by atoms with E-state index in [2.05, 4.69) is 0 Å². The van der Waals surface area contributed by atoms with Crippen molar-refractivity contribution in [3.63, 3.8) is 0 Å². The van der Waals surface area contributed by atoms with Gasteiger partial charge in [-0.2, -0.15) is 5.26 Å². The highest BCUT2D eigenvalue weighted by molar-refractivity contribution is 5.96. The van der Waals surface area contributed by atoms with E-state index >= 15 is 0 Å². The maximum atomic E-state index is 11.8. The highest BCUT2D eigenvalue weighted by Crippen LogP contribution is 2.21. The molecule has 0 amide bonds. The minimum atomic E-state index is -0.0142. The molecule has 0 heterocycles. The smallest absolute Gasteiger partial charge is 0.163 e. The number of hydrogen-bond acceptors (Lipinski definition) is 2. The molecule has 78 valence electrons. The first-order valence-corrected chi connectivity index (χ1v) is 4.96. The summed E-state index contributed by atoms with van der Waals surface area (Å²) in [5, 5.41) is 8.72. The summed E-state index contributed by atoms with van der Waals surface area (Å²) in [6, 6.07) is 8.89. The molecule has 0 aromatic heterocycles. The Hall–Kier alpha value is -1.62. The summed E-state index contributed by atoms with van der Waals surface area (Å²) in [6.45, 7) is 6.08. The summed E-state index contributed by atoms with van der Waals surface area (Å²) in [4.78, 5) is 11.8. The van der Waals surface area contributed by atoms with Crippen LogP contribution in [-0.2, 0) is 0 Å². The van der Waals surface area contributed by atoms with E-state index in [1.165, 1.54) is 0 Å². The molecule has 0 saturated carbocycles. The number of Topliss-reactive ketones (excluding diaryl/α,β-unsaturated/α-hetero) is 1. The normalized spacial score (nSPS) is 10.8. The Bertz CT molecular complexity index is 407. The molecule has 0 aliphatic carbocycles. The van der Waals surface area contributed by atoms with Gasteiger partial charge in [-0.05, 0) is 17.5 Å². The van der Waals surface area contributed by atoms with Gasteiger partial charge >= 0.3 is 0 Å². The van der Waals surface area contributed by atoms with Crippen LogP contribution in [0.1, 0.15) is 43.1 Å². The quantitative estimate of drug-likeness (QED) is 0.689. The third-order valence-corrected chi connectivity index (χ3v) is 2.00. The van der Waals surface area contributed by atoms with Crippen molar-refractivity contribution in [2.75, 3.05) is 0 Å². The van der Waals surface area contributed by atoms with E-state index < -0.39 is 0 Å². The van der Waals surface area contributed by atoms with Crippen LogP contribution in [0.25, 0.3) is 0 Å². The lowest BCUT2D eigenvalue weighted by Crippen LogP contribution is -2.13. The van der Waals surface area contributed by atoms with Crippen molar-refractivity contribution < 1.29 is 4.79 Å². The van der Waals surface area contributed by atoms with Crippen molar-refractivity contribution >= 4 is 5.78 Å². The van der Waals surface area contributed by atoms with Gasteiger partial charge in [-0.25, -0.2) is 0 Å². The zero-order chi connectivity index (χ0) is 11.5. The Labute approximate surface area is 90.5 Å². The first-order chi connectivity index (χ1) is 6.92. The summed E-state index contributed by atoms with van der Waals surface area (Å²) >= 11 is 0. The Morgan fingerprint density at radius 3 is 2.60 bits per heavy atom. The van der Waals surface area contributed by atoms with E-state index in [4.69, 9.17) is 5.26 Å². The second kappa shape index (κ2) is 4.27. The van der Waals surface area contributed by atoms with Crippen LogP contribution in [0.3, 0.4) is 0 Å². The van der Waals surface area contributed by atoms with Crippen molar-refractivity contribution in [1.29, 1.82) is 5.26 Å². The summed E-state index contributed by atoms with van der Waals surface area (Å²) in [5.41, 5.74) is 1.15. The number of nitriles is 1. The number of hydrogen-bond donors (Lipinski definition) is 0. The van der Waals surface area contributed by atoms with Gasteiger partial charge in [-0.15, -0.1) is 0 Å². The van der Waals surface area contributed by atoms with E-state index in [1.807, 2.05) is 26.8 Å². The fourth-order valence-electron chi connectivity index (χ4n) is 1.35. The molecule has 2 heteroatoms. The molecule has 1 rings (SSSR count). The molecular weight excluding hydrogens is 186 g/mol. The Morgan fingerprint density at radius 1 is 1.40 bits per heavy atom. The number of carbonyl (C=O) groups excluding carboxylic acids is 1. The van der Waals surface area contributed by atoms with Crippen LogP contribution in [0.15, 0.2) is 24.3 Å². The average molecular weight is 201 g/mol. The molecule has 0 unspecified atom stereocenters. The molecule has 0 saturated heterocycles. The summed E-state index contributed by atoms with van der Waals surface area (Å²) < 4.78 is 0. The lowest BCUT2D eigenvalue weighted by atomic mass is 9.87. The molecule has 0 spiro atoms. The number of nitrogens with zero attached hydrogens (tertiary/aromatic N) is 1. The second-order valence-electron chi connectivity index (χ2n) is 4.85. The van der Waals surface area contributed by atoms with Gasteiger partial charge in [0.1, 0.15) is 0 Å². The Morgan fingerprint density at radius 2 is 2.07 bits per heavy atom. The van der Waals surface area contributed by atoms with Crippen LogP contribution in [0.4, 0.5) is 0 Å². The van der Waals surface area contributed by atoms with E-state index in [-0.39, 0.29) is 11.2 Å². The van der Waals surface area contributed by atoms with Crippen molar-refractivity contribution in [3.8, 4) is 6.07 Å². The van der Waals surface area contributed by atoms with Crippen molar-refractivity contribution in [3.05, 3.63) is 35.4 Å². The van der Waals surface area contributed by atoms with Crippen LogP contribution in [0.2, 0.25) is 0 Å². The number of carbonyl (C=O) groups is 1. The average Bonchev–Trinajstić information content (AvgIpc) is 2.15. The molecule has 0 fully saturated rings. The SMILES string of the molecule is CC(C)(C)CC(=O)c1cccc(C#N)c1. The lowest BCUT2D eigenvalue weighted by molar-refractivity contribution is 0.0940. The molecule has 0 N–H and O–H groups in total. The highest BCUT2D eigenvalue weighted by atomic mass is 16.1. The van der Waals surface area contributed by atoms with Gasteiger partial charge in [-0.3, -0.25) is 4.79 Å². The number of rotatable bonds is 2. The molecule has 0 radical (unpaired) electrons. The van der Waals surface area contributed by atoms with Gasteiger partial charge in [0.25, 0.3) is 0 Å². The number of benzene rings is 1. The predicted octanol–water partition coefficient (Wildman–Crippen LogP) is 3.18. The Balaban J connectivity index is 2.88. The first-order valence-electron chi connectivity index (χ1n) is 4.96. The van der Waals surface area contributed by atoms with Crippen LogP contribution in [-0.4, -0.2) is 5.78 Å². The third kappa shape index (κ3) is 3.55. The molecule has 0 aliphatic heterocycles. The molecule has 0 bridgehead atoms. The summed E-state index contributed by atoms with van der Waals surface area (Å²) in [6.07, 6.45) is 0.502. The topological polar surface area (TPSA) is 40.9 Å². The predicted molar refractivity (Wildman–Crippen MR) is 59.6 cm³/mol. The molecule has 0 atom stereocenters. The maximum absolute atomic E-state index is 11.8. The minimum absolute atomic E-state index is 0.0142. The van der Waals surface area contributed by atoms with E-state index in [1.54, 1.807) is 24.3 Å². The first kappa shape index (κ1) is 11.5. The van der Waals surface area contributed by atoms with E-state index in [9.17, 15) is 4.79 Å². The molecular formula is C13H15NO.